The van der Waals surface area contributed by atoms with Gasteiger partial charge >= 0.3 is 0 Å². The number of aliphatic imine (C=N–C) groups is 1. The molecule has 0 saturated carbocycles. The second-order valence-electron chi connectivity index (χ2n) is 5.61. The molecular weight excluding hydrogens is 298 g/mol. The number of likely N-dealkylation sites (N-methyl/N-ethyl adjacent to an activating group) is 1. The zero-order valence-electron chi connectivity index (χ0n) is 14.5. The third kappa shape index (κ3) is 6.14. The van der Waals surface area contributed by atoms with Gasteiger partial charge in [-0.3, -0.25) is 4.99 Å². The zero-order chi connectivity index (χ0) is 17.2. The average molecular weight is 326 g/mol. The molecule has 1 atom stereocenters. The number of hydrogen-bond donors (Lipinski definition) is 2. The Kier molecular flexibility index (Phi) is 8.55. The van der Waals surface area contributed by atoms with E-state index in [4.69, 9.17) is 0 Å². The lowest BCUT2D eigenvalue weighted by molar-refractivity contribution is 0.290. The fraction of sp³-hybridized carbons (Fsp3) is 0.588. The van der Waals surface area contributed by atoms with E-state index in [1.165, 1.54) is 18.2 Å². The molecule has 1 rings (SSSR count). The third-order valence-corrected chi connectivity index (χ3v) is 3.55. The van der Waals surface area contributed by atoms with Gasteiger partial charge < -0.3 is 15.5 Å². The van der Waals surface area contributed by atoms with E-state index < -0.39 is 17.7 Å². The molecule has 0 heterocycles. The molecule has 6 heteroatoms. The van der Waals surface area contributed by atoms with Gasteiger partial charge in [-0.05, 0) is 39.6 Å². The smallest absolute Gasteiger partial charge is 0.191 e. The minimum absolute atomic E-state index is 0.0608. The van der Waals surface area contributed by atoms with Gasteiger partial charge in [0.25, 0.3) is 0 Å². The molecule has 0 saturated heterocycles. The van der Waals surface area contributed by atoms with E-state index in [0.717, 1.165) is 25.9 Å². The van der Waals surface area contributed by atoms with Crippen molar-refractivity contribution in [2.45, 2.75) is 32.7 Å². The number of guanidine groups is 1. The summed E-state index contributed by atoms with van der Waals surface area (Å²) >= 11 is 0. The largest absolute Gasteiger partial charge is 0.357 e. The van der Waals surface area contributed by atoms with E-state index in [-0.39, 0.29) is 12.1 Å². The van der Waals surface area contributed by atoms with E-state index in [0.29, 0.717) is 5.96 Å². The highest BCUT2D eigenvalue weighted by atomic mass is 19.1. The summed E-state index contributed by atoms with van der Waals surface area (Å²) in [6.45, 7) is 5.93. The van der Waals surface area contributed by atoms with E-state index in [9.17, 15) is 8.78 Å². The second kappa shape index (κ2) is 10.2. The first-order valence-electron chi connectivity index (χ1n) is 8.13. The summed E-state index contributed by atoms with van der Waals surface area (Å²) in [6.07, 6.45) is 2.14. The molecule has 2 N–H and O–H groups in total. The number of nitrogens with one attached hydrogen (secondary N) is 2. The van der Waals surface area contributed by atoms with Crippen molar-refractivity contribution in [3.05, 3.63) is 35.4 Å². The lowest BCUT2D eigenvalue weighted by Crippen LogP contribution is -2.38. The molecule has 0 fully saturated rings. The van der Waals surface area contributed by atoms with Gasteiger partial charge in [-0.15, -0.1) is 0 Å². The fourth-order valence-electron chi connectivity index (χ4n) is 2.24. The first-order valence-corrected chi connectivity index (χ1v) is 8.13. The molecule has 1 aromatic rings. The molecular formula is C17H28F2N4. The summed E-state index contributed by atoms with van der Waals surface area (Å²) in [7, 11) is 3.59. The third-order valence-electron chi connectivity index (χ3n) is 3.55. The van der Waals surface area contributed by atoms with Gasteiger partial charge in [0.2, 0.25) is 0 Å². The van der Waals surface area contributed by atoms with Crippen LogP contribution in [-0.2, 0) is 0 Å². The Bertz CT molecular complexity index is 483. The van der Waals surface area contributed by atoms with Crippen LogP contribution in [0.3, 0.4) is 0 Å². The Labute approximate surface area is 138 Å². The average Bonchev–Trinajstić information content (AvgIpc) is 2.49. The first kappa shape index (κ1) is 19.4. The quantitative estimate of drug-likeness (QED) is 0.438. The summed E-state index contributed by atoms with van der Waals surface area (Å²) in [4.78, 5) is 6.26. The Morgan fingerprint density at radius 2 is 1.83 bits per heavy atom. The minimum atomic E-state index is -0.539. The first-order chi connectivity index (χ1) is 11.0. The molecule has 0 amide bonds. The van der Waals surface area contributed by atoms with Gasteiger partial charge in [-0.2, -0.15) is 0 Å². The van der Waals surface area contributed by atoms with Gasteiger partial charge in [0, 0.05) is 18.7 Å². The topological polar surface area (TPSA) is 39.7 Å². The Morgan fingerprint density at radius 1 is 1.17 bits per heavy atom. The molecule has 130 valence electrons. The molecule has 0 spiro atoms. The fourth-order valence-corrected chi connectivity index (χ4v) is 2.24. The van der Waals surface area contributed by atoms with Crippen LogP contribution in [0.15, 0.2) is 23.2 Å². The number of benzene rings is 1. The van der Waals surface area contributed by atoms with Gasteiger partial charge in [0.05, 0.1) is 12.6 Å². The van der Waals surface area contributed by atoms with E-state index >= 15 is 0 Å². The predicted octanol–water partition coefficient (Wildman–Crippen LogP) is 2.92. The highest BCUT2D eigenvalue weighted by molar-refractivity contribution is 5.79. The minimum Gasteiger partial charge on any atom is -0.357 e. The van der Waals surface area contributed by atoms with Gasteiger partial charge in [-0.1, -0.05) is 19.4 Å². The van der Waals surface area contributed by atoms with E-state index in [2.05, 4.69) is 22.5 Å². The molecule has 1 aromatic carbocycles. The number of nitrogens with zero attached hydrogens (tertiary/aromatic N) is 2. The van der Waals surface area contributed by atoms with Crippen molar-refractivity contribution >= 4 is 5.96 Å². The highest BCUT2D eigenvalue weighted by Crippen LogP contribution is 2.24. The zero-order valence-corrected chi connectivity index (χ0v) is 14.5. The number of halogens is 2. The van der Waals surface area contributed by atoms with E-state index in [1.807, 2.05) is 6.92 Å². The summed E-state index contributed by atoms with van der Waals surface area (Å²) < 4.78 is 28.1. The van der Waals surface area contributed by atoms with Crippen LogP contribution in [-0.4, -0.2) is 44.6 Å². The normalized spacial score (nSPS) is 13.3. The van der Waals surface area contributed by atoms with E-state index in [1.54, 1.807) is 19.0 Å². The summed E-state index contributed by atoms with van der Waals surface area (Å²) in [5, 5.41) is 6.38. The van der Waals surface area contributed by atoms with Crippen molar-refractivity contribution in [1.29, 1.82) is 0 Å². The van der Waals surface area contributed by atoms with Gasteiger partial charge in [0.1, 0.15) is 11.6 Å². The van der Waals surface area contributed by atoms with Crippen molar-refractivity contribution < 1.29 is 8.78 Å². The van der Waals surface area contributed by atoms with Crippen molar-refractivity contribution in [3.8, 4) is 0 Å². The van der Waals surface area contributed by atoms with Crippen molar-refractivity contribution in [2.24, 2.45) is 4.99 Å². The predicted molar refractivity (Wildman–Crippen MR) is 91.7 cm³/mol. The summed E-state index contributed by atoms with van der Waals surface area (Å²) in [5.74, 6) is -0.407. The molecule has 0 bridgehead atoms. The Balaban J connectivity index is 2.91. The highest BCUT2D eigenvalue weighted by Gasteiger charge is 2.22. The molecule has 23 heavy (non-hydrogen) atoms. The van der Waals surface area contributed by atoms with Crippen LogP contribution in [0.25, 0.3) is 0 Å². The van der Waals surface area contributed by atoms with Crippen LogP contribution < -0.4 is 10.6 Å². The summed E-state index contributed by atoms with van der Waals surface area (Å²) in [6, 6.07) is 3.48. The molecule has 0 aliphatic carbocycles. The van der Waals surface area contributed by atoms with Crippen molar-refractivity contribution in [2.75, 3.05) is 33.7 Å². The van der Waals surface area contributed by atoms with Crippen LogP contribution >= 0.6 is 0 Å². The maximum absolute atomic E-state index is 14.0. The van der Waals surface area contributed by atoms with Crippen LogP contribution in [0.5, 0.6) is 0 Å². The van der Waals surface area contributed by atoms with Crippen LogP contribution in [0.2, 0.25) is 0 Å². The van der Waals surface area contributed by atoms with Gasteiger partial charge in [-0.25, -0.2) is 8.78 Å². The molecule has 1 unspecified atom stereocenters. The van der Waals surface area contributed by atoms with Crippen molar-refractivity contribution in [1.82, 2.24) is 15.5 Å². The Hall–Kier alpha value is -1.69. The van der Waals surface area contributed by atoms with Gasteiger partial charge in [0.15, 0.2) is 5.96 Å². The number of hydrogen-bond acceptors (Lipinski definition) is 2. The number of unbranched alkanes of at least 4 members (excludes halogenated alkanes) is 1. The van der Waals surface area contributed by atoms with Crippen LogP contribution in [0.1, 0.15) is 38.3 Å². The molecule has 0 aliphatic rings. The maximum atomic E-state index is 14.0. The Morgan fingerprint density at radius 3 is 2.35 bits per heavy atom. The monoisotopic (exact) mass is 326 g/mol. The maximum Gasteiger partial charge on any atom is 0.191 e. The van der Waals surface area contributed by atoms with Crippen LogP contribution in [0, 0.1) is 11.6 Å². The lowest BCUT2D eigenvalue weighted by atomic mass is 10.0. The number of rotatable bonds is 8. The standard InChI is InChI=1S/C17H28F2N4/c1-5-7-11-21-17(20-6-2)22-12-15(23(3)4)16-13(18)9-8-10-14(16)19/h8-10,15H,5-7,11-12H2,1-4H3,(H2,20,21,22). The second-order valence-corrected chi connectivity index (χ2v) is 5.61. The molecule has 4 nitrogen and oxygen atoms in total. The molecule has 0 aromatic heterocycles. The van der Waals surface area contributed by atoms with Crippen LogP contribution in [0.4, 0.5) is 8.78 Å². The molecule has 0 aliphatic heterocycles. The molecule has 0 radical (unpaired) electrons. The SMILES string of the molecule is CCCCNC(=NCC(c1c(F)cccc1F)N(C)C)NCC. The summed E-state index contributed by atoms with van der Waals surface area (Å²) in [5.41, 5.74) is 0.0608. The lowest BCUT2D eigenvalue weighted by Gasteiger charge is -2.24. The van der Waals surface area contributed by atoms with Crippen molar-refractivity contribution in [3.63, 3.8) is 0 Å².